The largest absolute Gasteiger partial charge is 0.396 e. The molecule has 0 heterocycles. The highest BCUT2D eigenvalue weighted by Gasteiger charge is 1.86. The first-order valence-corrected chi connectivity index (χ1v) is 4.98. The molecule has 0 aliphatic rings. The van der Waals surface area contributed by atoms with Crippen molar-refractivity contribution in [2.45, 2.75) is 51.9 Å². The van der Waals surface area contributed by atoms with Crippen LogP contribution in [0.5, 0.6) is 0 Å². The Bertz CT molecular complexity index is 130. The maximum atomic E-state index is 8.51. The van der Waals surface area contributed by atoms with Gasteiger partial charge in [-0.1, -0.05) is 19.8 Å². The van der Waals surface area contributed by atoms with Gasteiger partial charge in [-0.25, -0.2) is 0 Å². The third-order valence-corrected chi connectivity index (χ3v) is 1.71. The second kappa shape index (κ2) is 10.5. The van der Waals surface area contributed by atoms with Gasteiger partial charge in [0.15, 0.2) is 0 Å². The Morgan fingerprint density at radius 2 is 1.58 bits per heavy atom. The van der Waals surface area contributed by atoms with E-state index >= 15 is 0 Å². The Hall–Kier alpha value is -0.480. The highest BCUT2D eigenvalue weighted by Crippen LogP contribution is 2.01. The molecule has 0 aromatic heterocycles. The lowest BCUT2D eigenvalue weighted by Gasteiger charge is -1.93. The molecule has 1 N–H and O–H groups in total. The fourth-order valence-electron chi connectivity index (χ4n) is 0.981. The quantitative estimate of drug-likeness (QED) is 0.477. The maximum Gasteiger partial charge on any atom is 0.0431 e. The minimum absolute atomic E-state index is 0.335. The Kier molecular flexibility index (Phi) is 10.1. The van der Waals surface area contributed by atoms with E-state index in [-0.39, 0.29) is 0 Å². The van der Waals surface area contributed by atoms with Crippen LogP contribution in [0.25, 0.3) is 0 Å². The number of aliphatic hydroxyl groups is 1. The summed E-state index contributed by atoms with van der Waals surface area (Å²) >= 11 is 0. The number of rotatable bonds is 6. The van der Waals surface area contributed by atoms with Crippen LogP contribution in [0.15, 0.2) is 0 Å². The van der Waals surface area contributed by atoms with Gasteiger partial charge < -0.3 is 5.11 Å². The van der Waals surface area contributed by atoms with Gasteiger partial charge in [-0.15, -0.1) is 11.8 Å². The fourth-order valence-corrected chi connectivity index (χ4v) is 0.981. The van der Waals surface area contributed by atoms with Crippen LogP contribution in [0.4, 0.5) is 0 Å². The van der Waals surface area contributed by atoms with Crippen LogP contribution in [0.1, 0.15) is 51.9 Å². The summed E-state index contributed by atoms with van der Waals surface area (Å²) in [5.74, 6) is 6.28. The van der Waals surface area contributed by atoms with E-state index in [1.54, 1.807) is 0 Å². The van der Waals surface area contributed by atoms with E-state index in [0.29, 0.717) is 6.61 Å². The monoisotopic (exact) mass is 168 g/mol. The molecule has 0 aliphatic carbocycles. The van der Waals surface area contributed by atoms with Crippen LogP contribution < -0.4 is 0 Å². The number of unbranched alkanes of at least 4 members (excludes halogenated alkanes) is 5. The van der Waals surface area contributed by atoms with Gasteiger partial charge in [-0.05, 0) is 19.3 Å². The predicted octanol–water partition coefficient (Wildman–Crippen LogP) is 2.73. The molecule has 1 heteroatoms. The maximum absolute atomic E-state index is 8.51. The summed E-state index contributed by atoms with van der Waals surface area (Å²) in [6, 6.07) is 0. The van der Waals surface area contributed by atoms with Crippen molar-refractivity contribution in [3.63, 3.8) is 0 Å². The van der Waals surface area contributed by atoms with E-state index in [9.17, 15) is 0 Å². The van der Waals surface area contributed by atoms with Crippen molar-refractivity contribution in [1.82, 2.24) is 0 Å². The Morgan fingerprint density at radius 1 is 0.917 bits per heavy atom. The molecule has 0 rings (SSSR count). The molecule has 0 radical (unpaired) electrons. The number of hydrogen-bond donors (Lipinski definition) is 1. The fraction of sp³-hybridized carbons (Fsp3) is 0.818. The van der Waals surface area contributed by atoms with Crippen molar-refractivity contribution in [1.29, 1.82) is 0 Å². The lowest BCUT2D eigenvalue weighted by atomic mass is 10.1. The van der Waals surface area contributed by atoms with Crippen molar-refractivity contribution in [2.24, 2.45) is 0 Å². The van der Waals surface area contributed by atoms with Crippen LogP contribution in [0.2, 0.25) is 0 Å². The molecule has 0 unspecified atom stereocenters. The van der Waals surface area contributed by atoms with Gasteiger partial charge in [0.1, 0.15) is 0 Å². The predicted molar refractivity (Wildman–Crippen MR) is 52.9 cm³/mol. The summed E-state index contributed by atoms with van der Waals surface area (Å²) in [5, 5.41) is 8.51. The molecule has 0 atom stereocenters. The molecule has 70 valence electrons. The molecule has 0 bridgehead atoms. The summed E-state index contributed by atoms with van der Waals surface area (Å²) in [4.78, 5) is 0. The highest BCUT2D eigenvalue weighted by atomic mass is 16.2. The molecule has 0 saturated heterocycles. The first-order valence-electron chi connectivity index (χ1n) is 4.98. The molecule has 0 amide bonds. The van der Waals surface area contributed by atoms with E-state index in [1.165, 1.54) is 12.8 Å². The molecule has 0 spiro atoms. The van der Waals surface area contributed by atoms with Gasteiger partial charge >= 0.3 is 0 Å². The SMILES string of the molecule is CCCC#CCCCCCCO. The van der Waals surface area contributed by atoms with E-state index in [1.807, 2.05) is 0 Å². The molecule has 0 fully saturated rings. The molecule has 0 aromatic rings. The van der Waals surface area contributed by atoms with Crippen LogP contribution >= 0.6 is 0 Å². The van der Waals surface area contributed by atoms with Crippen LogP contribution in [0, 0.1) is 11.8 Å². The van der Waals surface area contributed by atoms with Crippen LogP contribution in [-0.4, -0.2) is 11.7 Å². The Morgan fingerprint density at radius 3 is 2.25 bits per heavy atom. The summed E-state index contributed by atoms with van der Waals surface area (Å²) in [6.45, 7) is 2.48. The lowest BCUT2D eigenvalue weighted by molar-refractivity contribution is 0.282. The summed E-state index contributed by atoms with van der Waals surface area (Å²) < 4.78 is 0. The van der Waals surface area contributed by atoms with E-state index in [2.05, 4.69) is 18.8 Å². The summed E-state index contributed by atoms with van der Waals surface area (Å²) in [7, 11) is 0. The van der Waals surface area contributed by atoms with Crippen molar-refractivity contribution >= 4 is 0 Å². The molecular weight excluding hydrogens is 148 g/mol. The zero-order valence-electron chi connectivity index (χ0n) is 8.10. The van der Waals surface area contributed by atoms with E-state index in [4.69, 9.17) is 5.11 Å². The summed E-state index contributed by atoms with van der Waals surface area (Å²) in [6.07, 6.45) is 7.73. The second-order valence-electron chi connectivity index (χ2n) is 2.99. The van der Waals surface area contributed by atoms with Crippen molar-refractivity contribution in [3.05, 3.63) is 0 Å². The zero-order chi connectivity index (χ0) is 9.07. The molecule has 0 saturated carbocycles. The zero-order valence-corrected chi connectivity index (χ0v) is 8.10. The molecule has 1 nitrogen and oxygen atoms in total. The van der Waals surface area contributed by atoms with Crippen molar-refractivity contribution in [3.8, 4) is 11.8 Å². The van der Waals surface area contributed by atoms with E-state index in [0.717, 1.165) is 32.1 Å². The minimum Gasteiger partial charge on any atom is -0.396 e. The third kappa shape index (κ3) is 9.52. The standard InChI is InChI=1S/C11H20O/c1-2-3-4-5-6-7-8-9-10-11-12/h12H,2-3,6-11H2,1H3. The Labute approximate surface area is 76.2 Å². The van der Waals surface area contributed by atoms with Gasteiger partial charge in [-0.3, -0.25) is 0 Å². The topological polar surface area (TPSA) is 20.2 Å². The van der Waals surface area contributed by atoms with Crippen LogP contribution in [0.3, 0.4) is 0 Å². The Balaban J connectivity index is 2.96. The average molecular weight is 168 g/mol. The van der Waals surface area contributed by atoms with Gasteiger partial charge in [0.05, 0.1) is 0 Å². The average Bonchev–Trinajstić information content (AvgIpc) is 2.10. The van der Waals surface area contributed by atoms with E-state index < -0.39 is 0 Å². The number of aliphatic hydroxyl groups excluding tert-OH is 1. The molecule has 0 aliphatic heterocycles. The molecule has 12 heavy (non-hydrogen) atoms. The minimum atomic E-state index is 0.335. The van der Waals surface area contributed by atoms with Gasteiger partial charge in [-0.2, -0.15) is 0 Å². The van der Waals surface area contributed by atoms with Gasteiger partial charge in [0, 0.05) is 19.4 Å². The molecule has 0 aromatic carbocycles. The second-order valence-corrected chi connectivity index (χ2v) is 2.99. The van der Waals surface area contributed by atoms with Gasteiger partial charge in [0.2, 0.25) is 0 Å². The van der Waals surface area contributed by atoms with Crippen molar-refractivity contribution < 1.29 is 5.11 Å². The van der Waals surface area contributed by atoms with Crippen molar-refractivity contribution in [2.75, 3.05) is 6.61 Å². The first kappa shape index (κ1) is 11.5. The first-order chi connectivity index (χ1) is 5.91. The summed E-state index contributed by atoms with van der Waals surface area (Å²) in [5.41, 5.74) is 0. The number of hydrogen-bond acceptors (Lipinski definition) is 1. The normalized spacial score (nSPS) is 9.17. The molecular formula is C11H20O. The lowest BCUT2D eigenvalue weighted by Crippen LogP contribution is -1.82. The van der Waals surface area contributed by atoms with Gasteiger partial charge in [0.25, 0.3) is 0 Å². The van der Waals surface area contributed by atoms with Crippen LogP contribution in [-0.2, 0) is 0 Å². The third-order valence-electron chi connectivity index (χ3n) is 1.71. The smallest absolute Gasteiger partial charge is 0.0431 e. The highest BCUT2D eigenvalue weighted by molar-refractivity contribution is 4.98.